The van der Waals surface area contributed by atoms with Crippen LogP contribution in [0.15, 0.2) is 48.7 Å². The number of alkyl halides is 6. The molecule has 1 saturated heterocycles. The number of aromatic nitrogens is 1. The highest BCUT2D eigenvalue weighted by atomic mass is 19.4. The van der Waals surface area contributed by atoms with E-state index in [1.54, 1.807) is 13.0 Å². The number of piperidine rings is 1. The number of anilines is 1. The largest absolute Gasteiger partial charge is 0.416 e. The Hall–Kier alpha value is -3.47. The highest BCUT2D eigenvalue weighted by Crippen LogP contribution is 2.41. The number of amides is 1. The van der Waals surface area contributed by atoms with Crippen LogP contribution in [0, 0.1) is 12.7 Å². The average molecular weight is 582 g/mol. The fourth-order valence-electron chi connectivity index (χ4n) is 5.19. The average Bonchev–Trinajstić information content (AvgIpc) is 2.91. The van der Waals surface area contributed by atoms with E-state index in [0.717, 1.165) is 31.6 Å². The van der Waals surface area contributed by atoms with Gasteiger partial charge in [0.2, 0.25) is 5.91 Å². The van der Waals surface area contributed by atoms with Gasteiger partial charge in [-0.15, -0.1) is 0 Å². The van der Waals surface area contributed by atoms with Crippen LogP contribution in [-0.2, 0) is 22.6 Å². The Kier molecular flexibility index (Phi) is 8.23. The van der Waals surface area contributed by atoms with Crippen molar-refractivity contribution in [2.45, 2.75) is 57.3 Å². The number of nitrogens with one attached hydrogen (secondary N) is 1. The van der Waals surface area contributed by atoms with Crippen molar-refractivity contribution >= 4 is 11.6 Å². The van der Waals surface area contributed by atoms with Gasteiger partial charge >= 0.3 is 12.4 Å². The van der Waals surface area contributed by atoms with Crippen LogP contribution in [0.4, 0.5) is 36.4 Å². The number of carbonyl (C=O) groups excluding carboxylic acids is 1. The van der Waals surface area contributed by atoms with E-state index in [2.05, 4.69) is 10.3 Å². The molecule has 1 amide bonds. The first-order valence-corrected chi connectivity index (χ1v) is 13.1. The fourth-order valence-corrected chi connectivity index (χ4v) is 5.19. The SMILES string of the molecule is Cc1cc(F)ccc1-c1cc(C2CCNCC2)ncc1N(C)C(=O)C(C)(C)c1cc(C(F)(F)F)cc(C(F)(F)F)c1. The van der Waals surface area contributed by atoms with E-state index in [4.69, 9.17) is 0 Å². The molecule has 1 aromatic heterocycles. The lowest BCUT2D eigenvalue weighted by Crippen LogP contribution is -2.42. The van der Waals surface area contributed by atoms with E-state index in [1.807, 2.05) is 6.07 Å². The Labute approximate surface area is 233 Å². The topological polar surface area (TPSA) is 45.2 Å². The second-order valence-corrected chi connectivity index (χ2v) is 10.9. The summed E-state index contributed by atoms with van der Waals surface area (Å²) in [5.74, 6) is -1.05. The minimum Gasteiger partial charge on any atom is -0.317 e. The van der Waals surface area contributed by atoms with Crippen LogP contribution < -0.4 is 10.2 Å². The van der Waals surface area contributed by atoms with E-state index in [0.29, 0.717) is 34.5 Å². The molecule has 0 aliphatic carbocycles. The van der Waals surface area contributed by atoms with Gasteiger partial charge in [-0.1, -0.05) is 6.07 Å². The van der Waals surface area contributed by atoms with Crippen molar-refractivity contribution in [2.24, 2.45) is 0 Å². The third-order valence-corrected chi connectivity index (χ3v) is 7.65. The quantitative estimate of drug-likeness (QED) is 0.315. The number of aryl methyl sites for hydroxylation is 1. The second-order valence-electron chi connectivity index (χ2n) is 10.9. The maximum atomic E-state index is 14.0. The Morgan fingerprint density at radius 2 is 1.44 bits per heavy atom. The lowest BCUT2D eigenvalue weighted by Gasteiger charge is -2.32. The number of benzene rings is 2. The number of nitrogens with zero attached hydrogens (tertiary/aromatic N) is 2. The third-order valence-electron chi connectivity index (χ3n) is 7.65. The molecular weight excluding hydrogens is 551 g/mol. The summed E-state index contributed by atoms with van der Waals surface area (Å²) in [7, 11) is 1.39. The van der Waals surface area contributed by atoms with Crippen LogP contribution in [0.3, 0.4) is 0 Å². The lowest BCUT2D eigenvalue weighted by molar-refractivity contribution is -0.143. The van der Waals surface area contributed by atoms with Crippen LogP contribution in [0.25, 0.3) is 11.1 Å². The molecule has 220 valence electrons. The fraction of sp³-hybridized carbons (Fsp3) is 0.400. The molecule has 3 aromatic rings. The zero-order chi connectivity index (χ0) is 30.3. The molecule has 1 aliphatic rings. The van der Waals surface area contributed by atoms with Gasteiger partial charge in [-0.3, -0.25) is 9.78 Å². The van der Waals surface area contributed by atoms with Crippen molar-refractivity contribution in [3.63, 3.8) is 0 Å². The van der Waals surface area contributed by atoms with Gasteiger partial charge in [0, 0.05) is 24.2 Å². The Balaban J connectivity index is 1.82. The van der Waals surface area contributed by atoms with Crippen molar-refractivity contribution in [1.29, 1.82) is 0 Å². The number of pyridine rings is 1. The number of likely N-dealkylation sites (N-methyl/N-ethyl adjacent to an activating group) is 1. The summed E-state index contributed by atoms with van der Waals surface area (Å²) < 4.78 is 95.2. The van der Waals surface area contributed by atoms with E-state index >= 15 is 0 Å². The highest BCUT2D eigenvalue weighted by Gasteiger charge is 2.41. The molecule has 41 heavy (non-hydrogen) atoms. The van der Waals surface area contributed by atoms with Gasteiger partial charge < -0.3 is 10.2 Å². The van der Waals surface area contributed by atoms with Crippen LogP contribution in [-0.4, -0.2) is 31.0 Å². The summed E-state index contributed by atoms with van der Waals surface area (Å²) >= 11 is 0. The van der Waals surface area contributed by atoms with Crippen molar-refractivity contribution in [3.05, 3.63) is 82.4 Å². The third kappa shape index (κ3) is 6.39. The highest BCUT2D eigenvalue weighted by molar-refractivity contribution is 6.03. The van der Waals surface area contributed by atoms with E-state index < -0.39 is 46.2 Å². The van der Waals surface area contributed by atoms with E-state index in [1.165, 1.54) is 44.1 Å². The lowest BCUT2D eigenvalue weighted by atomic mass is 9.81. The molecule has 11 heteroatoms. The normalized spacial score (nSPS) is 15.2. The minimum absolute atomic E-state index is 0.0343. The number of hydrogen-bond donors (Lipinski definition) is 1. The summed E-state index contributed by atoms with van der Waals surface area (Å²) in [5.41, 5.74) is -2.40. The number of carbonyl (C=O) groups is 1. The van der Waals surface area contributed by atoms with Gasteiger partial charge in [0.25, 0.3) is 0 Å². The monoisotopic (exact) mass is 581 g/mol. The predicted octanol–water partition coefficient (Wildman–Crippen LogP) is 7.64. The number of halogens is 7. The maximum Gasteiger partial charge on any atom is 0.416 e. The molecule has 2 aromatic carbocycles. The standard InChI is InChI=1S/C30H30F7N3O/c1-17-11-22(31)5-6-23(17)24-15-25(18-7-9-38-10-8-18)39-16-26(24)40(4)27(41)28(2,3)19-12-20(29(32,33)34)14-21(13-19)30(35,36)37/h5-6,11-16,18,38H,7-10H2,1-4H3. The molecule has 0 spiro atoms. The molecule has 0 radical (unpaired) electrons. The summed E-state index contributed by atoms with van der Waals surface area (Å²) in [6.07, 6.45) is -6.94. The molecule has 1 aliphatic heterocycles. The molecule has 1 N–H and O–H groups in total. The molecule has 1 fully saturated rings. The van der Waals surface area contributed by atoms with Crippen LogP contribution in [0.1, 0.15) is 60.6 Å². The number of rotatable bonds is 5. The predicted molar refractivity (Wildman–Crippen MR) is 142 cm³/mol. The molecule has 0 bridgehead atoms. The van der Waals surface area contributed by atoms with Gasteiger partial charge in [-0.05, 0) is 99.8 Å². The Morgan fingerprint density at radius 3 is 1.98 bits per heavy atom. The molecule has 0 unspecified atom stereocenters. The van der Waals surface area contributed by atoms with Crippen LogP contribution in [0.2, 0.25) is 0 Å². The van der Waals surface area contributed by atoms with Gasteiger partial charge in [0.15, 0.2) is 0 Å². The van der Waals surface area contributed by atoms with Gasteiger partial charge in [0.05, 0.1) is 28.4 Å². The van der Waals surface area contributed by atoms with Gasteiger partial charge in [0.1, 0.15) is 5.82 Å². The van der Waals surface area contributed by atoms with Crippen molar-refractivity contribution < 1.29 is 35.5 Å². The molecule has 0 saturated carbocycles. The molecular formula is C30H30F7N3O. The molecule has 4 nitrogen and oxygen atoms in total. The van der Waals surface area contributed by atoms with Crippen molar-refractivity contribution in [1.82, 2.24) is 10.3 Å². The summed E-state index contributed by atoms with van der Waals surface area (Å²) in [5, 5.41) is 3.29. The first kappa shape index (κ1) is 30.5. The first-order chi connectivity index (χ1) is 19.0. The van der Waals surface area contributed by atoms with Crippen molar-refractivity contribution in [3.8, 4) is 11.1 Å². The zero-order valence-corrected chi connectivity index (χ0v) is 23.0. The number of hydrogen-bond acceptors (Lipinski definition) is 3. The second kappa shape index (κ2) is 11.1. The first-order valence-electron chi connectivity index (χ1n) is 13.1. The molecule has 2 heterocycles. The van der Waals surface area contributed by atoms with Crippen LogP contribution in [0.5, 0.6) is 0 Å². The van der Waals surface area contributed by atoms with E-state index in [9.17, 15) is 35.5 Å². The summed E-state index contributed by atoms with van der Waals surface area (Å²) in [6.45, 7) is 5.88. The van der Waals surface area contributed by atoms with Crippen LogP contribution >= 0.6 is 0 Å². The molecule has 0 atom stereocenters. The molecule has 4 rings (SSSR count). The van der Waals surface area contributed by atoms with Crippen molar-refractivity contribution in [2.75, 3.05) is 25.0 Å². The van der Waals surface area contributed by atoms with E-state index in [-0.39, 0.29) is 12.0 Å². The summed E-state index contributed by atoms with van der Waals surface area (Å²) in [4.78, 5) is 19.6. The Morgan fingerprint density at radius 1 is 0.878 bits per heavy atom. The zero-order valence-electron chi connectivity index (χ0n) is 23.0. The Bertz CT molecular complexity index is 1410. The smallest absolute Gasteiger partial charge is 0.317 e. The minimum atomic E-state index is -5.05. The van der Waals surface area contributed by atoms with Gasteiger partial charge in [-0.2, -0.15) is 26.3 Å². The maximum absolute atomic E-state index is 14.0. The van der Waals surface area contributed by atoms with Gasteiger partial charge in [-0.25, -0.2) is 4.39 Å². The summed E-state index contributed by atoms with van der Waals surface area (Å²) in [6, 6.07) is 7.21.